The Bertz CT molecular complexity index is 732. The fourth-order valence-electron chi connectivity index (χ4n) is 2.56. The molecule has 3 rings (SSSR count). The van der Waals surface area contributed by atoms with E-state index in [1.165, 1.54) is 6.07 Å². The Morgan fingerprint density at radius 1 is 0.905 bits per heavy atom. The maximum Gasteiger partial charge on any atom is 0.419 e. The number of benzene rings is 2. The molecule has 0 unspecified atom stereocenters. The first kappa shape index (κ1) is 13.8. The summed E-state index contributed by atoms with van der Waals surface area (Å²) in [7, 11) is 0. The number of aryl methyl sites for hydroxylation is 1. The van der Waals surface area contributed by atoms with Gasteiger partial charge in [0.2, 0.25) is 0 Å². The number of Topliss-reactive ketones (excluding diaryl/α,β-unsaturated/α-hetero) is 1. The van der Waals surface area contributed by atoms with Crippen LogP contribution in [0.3, 0.4) is 0 Å². The third-order valence-electron chi connectivity index (χ3n) is 3.63. The number of carbonyl (C=O) groups is 1. The van der Waals surface area contributed by atoms with E-state index >= 15 is 0 Å². The van der Waals surface area contributed by atoms with Crippen molar-refractivity contribution in [3.05, 3.63) is 58.9 Å². The van der Waals surface area contributed by atoms with E-state index in [1.54, 1.807) is 18.2 Å². The van der Waals surface area contributed by atoms with Crippen molar-refractivity contribution in [3.8, 4) is 11.1 Å². The first-order chi connectivity index (χ1) is 9.86. The monoisotopic (exact) mass is 294 g/mol. The minimum absolute atomic E-state index is 0.0650. The quantitative estimate of drug-likeness (QED) is 0.700. The highest BCUT2D eigenvalue weighted by molar-refractivity contribution is 6.00. The SMILES string of the molecule is O=C1CCc2cc(-c3ccc(C(F)(F)F)c(F)c3)ccc21. The van der Waals surface area contributed by atoms with Crippen LogP contribution in [0.4, 0.5) is 17.6 Å². The lowest BCUT2D eigenvalue weighted by atomic mass is 9.99. The summed E-state index contributed by atoms with van der Waals surface area (Å²) in [6.45, 7) is 0. The summed E-state index contributed by atoms with van der Waals surface area (Å²) >= 11 is 0. The van der Waals surface area contributed by atoms with Crippen molar-refractivity contribution in [2.45, 2.75) is 19.0 Å². The van der Waals surface area contributed by atoms with Crippen molar-refractivity contribution < 1.29 is 22.4 Å². The Labute approximate surface area is 118 Å². The molecule has 0 amide bonds. The minimum Gasteiger partial charge on any atom is -0.294 e. The number of fused-ring (bicyclic) bond motifs is 1. The number of ketones is 1. The van der Waals surface area contributed by atoms with Gasteiger partial charge in [-0.1, -0.05) is 24.3 Å². The van der Waals surface area contributed by atoms with Gasteiger partial charge in [0.1, 0.15) is 5.82 Å². The standard InChI is InChI=1S/C16H10F4O/c17-14-8-10(2-5-13(14)16(18,19)20)9-1-4-12-11(7-9)3-6-15(12)21/h1-2,4-5,7-8H,3,6H2. The summed E-state index contributed by atoms with van der Waals surface area (Å²) in [4.78, 5) is 11.5. The van der Waals surface area contributed by atoms with E-state index in [0.29, 0.717) is 29.5 Å². The molecule has 0 atom stereocenters. The van der Waals surface area contributed by atoms with Gasteiger partial charge in [-0.3, -0.25) is 4.79 Å². The molecular formula is C16H10F4O. The van der Waals surface area contributed by atoms with E-state index in [1.807, 2.05) is 0 Å². The molecule has 108 valence electrons. The van der Waals surface area contributed by atoms with Crippen molar-refractivity contribution in [2.75, 3.05) is 0 Å². The predicted molar refractivity (Wildman–Crippen MR) is 69.5 cm³/mol. The Morgan fingerprint density at radius 2 is 1.57 bits per heavy atom. The molecule has 2 aromatic rings. The van der Waals surface area contributed by atoms with Crippen LogP contribution in [0.25, 0.3) is 11.1 Å². The van der Waals surface area contributed by atoms with Crippen LogP contribution in [-0.4, -0.2) is 5.78 Å². The zero-order valence-corrected chi connectivity index (χ0v) is 10.8. The molecule has 0 saturated carbocycles. The Hall–Kier alpha value is -2.17. The van der Waals surface area contributed by atoms with Crippen LogP contribution in [0.2, 0.25) is 0 Å². The molecule has 2 aromatic carbocycles. The first-order valence-corrected chi connectivity index (χ1v) is 6.39. The van der Waals surface area contributed by atoms with Crippen molar-refractivity contribution >= 4 is 5.78 Å². The molecule has 0 aliphatic heterocycles. The highest BCUT2D eigenvalue weighted by atomic mass is 19.4. The van der Waals surface area contributed by atoms with E-state index < -0.39 is 17.6 Å². The average Bonchev–Trinajstić information content (AvgIpc) is 2.78. The van der Waals surface area contributed by atoms with E-state index in [-0.39, 0.29) is 5.78 Å². The van der Waals surface area contributed by atoms with E-state index in [4.69, 9.17) is 0 Å². The maximum atomic E-state index is 13.6. The molecule has 0 radical (unpaired) electrons. The summed E-state index contributed by atoms with van der Waals surface area (Å²) < 4.78 is 51.2. The Morgan fingerprint density at radius 3 is 2.24 bits per heavy atom. The molecule has 0 spiro atoms. The second kappa shape index (κ2) is 4.69. The van der Waals surface area contributed by atoms with Crippen LogP contribution < -0.4 is 0 Å². The van der Waals surface area contributed by atoms with Crippen LogP contribution in [0, 0.1) is 5.82 Å². The van der Waals surface area contributed by atoms with Crippen molar-refractivity contribution in [1.82, 2.24) is 0 Å². The predicted octanol–water partition coefficient (Wildman–Crippen LogP) is 4.64. The molecule has 0 heterocycles. The first-order valence-electron chi connectivity index (χ1n) is 6.39. The summed E-state index contributed by atoms with van der Waals surface area (Å²) in [6.07, 6.45) is -3.64. The Balaban J connectivity index is 2.02. The number of alkyl halides is 3. The molecule has 1 aliphatic rings. The third-order valence-corrected chi connectivity index (χ3v) is 3.63. The third kappa shape index (κ3) is 2.44. The molecule has 21 heavy (non-hydrogen) atoms. The van der Waals surface area contributed by atoms with Gasteiger partial charge in [-0.15, -0.1) is 0 Å². The number of rotatable bonds is 1. The molecule has 0 saturated heterocycles. The normalized spacial score (nSPS) is 14.4. The molecule has 1 nitrogen and oxygen atoms in total. The lowest BCUT2D eigenvalue weighted by Crippen LogP contribution is -2.07. The zero-order chi connectivity index (χ0) is 15.2. The lowest BCUT2D eigenvalue weighted by molar-refractivity contribution is -0.139. The van der Waals surface area contributed by atoms with E-state index in [9.17, 15) is 22.4 Å². The molecule has 0 N–H and O–H groups in total. The summed E-state index contributed by atoms with van der Waals surface area (Å²) in [5, 5.41) is 0. The molecule has 1 aliphatic carbocycles. The minimum atomic E-state index is -4.70. The van der Waals surface area contributed by atoms with Gasteiger partial charge >= 0.3 is 6.18 Å². The van der Waals surface area contributed by atoms with Gasteiger partial charge < -0.3 is 0 Å². The lowest BCUT2D eigenvalue weighted by Gasteiger charge is -2.10. The second-order valence-electron chi connectivity index (χ2n) is 4.99. The summed E-state index contributed by atoms with van der Waals surface area (Å²) in [5.74, 6) is -1.23. The second-order valence-corrected chi connectivity index (χ2v) is 4.99. The average molecular weight is 294 g/mol. The maximum absolute atomic E-state index is 13.6. The van der Waals surface area contributed by atoms with E-state index in [2.05, 4.69) is 0 Å². The van der Waals surface area contributed by atoms with Crippen LogP contribution >= 0.6 is 0 Å². The number of halogens is 4. The molecule has 0 bridgehead atoms. The van der Waals surface area contributed by atoms with Gasteiger partial charge in [-0.25, -0.2) is 4.39 Å². The topological polar surface area (TPSA) is 17.1 Å². The number of hydrogen-bond donors (Lipinski definition) is 0. The van der Waals surface area contributed by atoms with Crippen LogP contribution in [0.1, 0.15) is 27.9 Å². The van der Waals surface area contributed by atoms with Crippen molar-refractivity contribution in [2.24, 2.45) is 0 Å². The molecular weight excluding hydrogens is 284 g/mol. The van der Waals surface area contributed by atoms with Gasteiger partial charge in [0.25, 0.3) is 0 Å². The molecule has 0 aromatic heterocycles. The Kier molecular flexibility index (Phi) is 3.08. The van der Waals surface area contributed by atoms with E-state index in [0.717, 1.165) is 17.7 Å². The van der Waals surface area contributed by atoms with Gasteiger partial charge in [0, 0.05) is 12.0 Å². The number of carbonyl (C=O) groups excluding carboxylic acids is 1. The largest absolute Gasteiger partial charge is 0.419 e. The molecule has 5 heteroatoms. The fraction of sp³-hybridized carbons (Fsp3) is 0.188. The van der Waals surface area contributed by atoms with Gasteiger partial charge in [-0.05, 0) is 35.2 Å². The smallest absolute Gasteiger partial charge is 0.294 e. The highest BCUT2D eigenvalue weighted by Gasteiger charge is 2.34. The van der Waals surface area contributed by atoms with Gasteiger partial charge in [0.05, 0.1) is 5.56 Å². The van der Waals surface area contributed by atoms with Gasteiger partial charge in [0.15, 0.2) is 5.78 Å². The number of hydrogen-bond acceptors (Lipinski definition) is 1. The zero-order valence-electron chi connectivity index (χ0n) is 10.8. The van der Waals surface area contributed by atoms with Crippen LogP contribution in [0.15, 0.2) is 36.4 Å². The van der Waals surface area contributed by atoms with Crippen LogP contribution in [0.5, 0.6) is 0 Å². The highest BCUT2D eigenvalue weighted by Crippen LogP contribution is 2.34. The van der Waals surface area contributed by atoms with Gasteiger partial charge in [-0.2, -0.15) is 13.2 Å². The summed E-state index contributed by atoms with van der Waals surface area (Å²) in [5.41, 5.74) is 1.20. The summed E-state index contributed by atoms with van der Waals surface area (Å²) in [6, 6.07) is 7.87. The van der Waals surface area contributed by atoms with Crippen molar-refractivity contribution in [3.63, 3.8) is 0 Å². The fourth-order valence-corrected chi connectivity index (χ4v) is 2.56. The van der Waals surface area contributed by atoms with Crippen LogP contribution in [-0.2, 0) is 12.6 Å². The molecule has 0 fully saturated rings. The van der Waals surface area contributed by atoms with Crippen molar-refractivity contribution in [1.29, 1.82) is 0 Å².